The molecule has 2 unspecified atom stereocenters. The van der Waals surface area contributed by atoms with Gasteiger partial charge in [-0.3, -0.25) is 9.09 Å². The Morgan fingerprint density at radius 2 is 1.55 bits per heavy atom. The van der Waals surface area contributed by atoms with Crippen molar-refractivity contribution in [2.45, 2.75) is 24.5 Å². The Bertz CT molecular complexity index is 963. The van der Waals surface area contributed by atoms with Crippen LogP contribution in [-0.4, -0.2) is 182 Å². The summed E-state index contributed by atoms with van der Waals surface area (Å²) in [6.45, 7) is -1.02. The third kappa shape index (κ3) is 13.1. The molecule has 1 aromatic heterocycles. The van der Waals surface area contributed by atoms with Crippen LogP contribution in [0, 0.1) is 0 Å². The summed E-state index contributed by atoms with van der Waals surface area (Å²) in [4.78, 5) is 50.5. The number of ether oxygens (including phenoxy) is 1. The fourth-order valence-electron chi connectivity index (χ4n) is 2.19. The van der Waals surface area contributed by atoms with Gasteiger partial charge in [-0.1, -0.05) is 0 Å². The van der Waals surface area contributed by atoms with Gasteiger partial charge < -0.3 is 40.3 Å². The van der Waals surface area contributed by atoms with Gasteiger partial charge >= 0.3 is 29.2 Å². The van der Waals surface area contributed by atoms with Crippen molar-refractivity contribution in [3.8, 4) is 0 Å². The van der Waals surface area contributed by atoms with E-state index < -0.39 is 60.3 Å². The number of rotatable bonds is 8. The number of nitrogens with zero attached hydrogens (tertiary/aromatic N) is 2. The molecule has 4 radical (unpaired) electrons. The van der Waals surface area contributed by atoms with Crippen LogP contribution in [0.1, 0.15) is 6.23 Å². The molecule has 0 bridgehead atoms. The number of phosphoric ester groups is 1. The number of hydrogen-bond donors (Lipinski definition) is 7. The zero-order valence-corrected chi connectivity index (χ0v) is 28.6. The van der Waals surface area contributed by atoms with E-state index in [2.05, 4.69) is 18.1 Å². The number of nitrogens with two attached hydrogens (primary N) is 1. The van der Waals surface area contributed by atoms with E-state index >= 15 is 0 Å². The Hall–Kier alpha value is 2.97. The number of phosphoric acid groups is 3. The van der Waals surface area contributed by atoms with Gasteiger partial charge in [0.2, 0.25) is 0 Å². The Morgan fingerprint density at radius 3 is 2.03 bits per heavy atom. The van der Waals surface area contributed by atoms with Crippen molar-refractivity contribution in [2.24, 2.45) is 0 Å². The first-order valence-electron chi connectivity index (χ1n) is 7.25. The summed E-state index contributed by atoms with van der Waals surface area (Å²) in [7, 11) is -16.7. The number of nitrogen functional groups attached to an aromatic ring is 1. The molecule has 1 fully saturated rings. The molecule has 170 valence electrons. The van der Waals surface area contributed by atoms with E-state index in [0.29, 0.717) is 0 Å². The van der Waals surface area contributed by atoms with Crippen LogP contribution in [0.5, 0.6) is 0 Å². The molecule has 0 aliphatic carbocycles. The van der Waals surface area contributed by atoms with E-state index in [1.807, 2.05) is 0 Å². The predicted octanol–water partition coefficient (Wildman–Crippen LogP) is -3.74. The molecule has 6 atom stereocenters. The minimum absolute atomic E-state index is 0. The average Bonchev–Trinajstić information content (AvgIpc) is 2.78. The maximum absolute atomic E-state index is 11.8. The molecule has 2 rings (SSSR count). The van der Waals surface area contributed by atoms with Crippen LogP contribution in [0.15, 0.2) is 17.1 Å². The molecule has 2 heterocycles. The number of aliphatic hydroxyl groups excluding tert-OH is 2. The topological polar surface area (TPSA) is 270 Å². The van der Waals surface area contributed by atoms with Crippen molar-refractivity contribution < 1.29 is 61.4 Å². The van der Waals surface area contributed by atoms with E-state index in [-0.39, 0.29) is 124 Å². The molecule has 0 saturated carbocycles. The molecule has 1 aliphatic heterocycles. The van der Waals surface area contributed by atoms with Crippen molar-refractivity contribution >= 4 is 148 Å². The molecule has 33 heavy (non-hydrogen) atoms. The molecule has 1 saturated heterocycles. The standard InChI is InChI=1S/C9H16N3O14P3.4Na/c10-5-1-2-12(9(15)11-5)8-7(14)6(13)4(24-8)3-23-28(19,20)26-29(21,22)25-27(16,17)18;;;;/h1-2,4,6-8,13-14H,3H2,(H,19,20)(H,21,22)(H2,10,11,15)(H2,16,17,18);;;;/t4-,6-,7-,8-;;;;/m1..../s1. The smallest absolute Gasteiger partial charge is 0.387 e. The van der Waals surface area contributed by atoms with Gasteiger partial charge in [-0.15, -0.1) is 0 Å². The second-order valence-electron chi connectivity index (χ2n) is 5.48. The van der Waals surface area contributed by atoms with Crippen molar-refractivity contribution in [3.05, 3.63) is 22.7 Å². The average molecular weight is 575 g/mol. The molecule has 0 amide bonds. The molecule has 1 aliphatic rings. The van der Waals surface area contributed by atoms with Crippen molar-refractivity contribution in [1.82, 2.24) is 9.55 Å². The summed E-state index contributed by atoms with van der Waals surface area (Å²) in [5.74, 6) is -0.122. The number of aliphatic hydroxyl groups is 2. The van der Waals surface area contributed by atoms with Crippen LogP contribution in [0.4, 0.5) is 5.82 Å². The Kier molecular flexibility index (Phi) is 19.8. The van der Waals surface area contributed by atoms with Gasteiger partial charge in [0, 0.05) is 124 Å². The van der Waals surface area contributed by atoms with Gasteiger partial charge in [0.1, 0.15) is 24.1 Å². The fraction of sp³-hybridized carbons (Fsp3) is 0.556. The van der Waals surface area contributed by atoms with Gasteiger partial charge in [-0.25, -0.2) is 18.5 Å². The van der Waals surface area contributed by atoms with Crippen LogP contribution in [0.2, 0.25) is 0 Å². The zero-order valence-electron chi connectivity index (χ0n) is 17.9. The van der Waals surface area contributed by atoms with E-state index in [9.17, 15) is 33.6 Å². The van der Waals surface area contributed by atoms with Gasteiger partial charge in [-0.05, 0) is 6.07 Å². The Labute approximate surface area is 274 Å². The summed E-state index contributed by atoms with van der Waals surface area (Å²) in [6.07, 6.45) is -5.38. The number of aromatic nitrogens is 2. The van der Waals surface area contributed by atoms with E-state index in [1.54, 1.807) is 0 Å². The van der Waals surface area contributed by atoms with Crippen LogP contribution in [0.3, 0.4) is 0 Å². The third-order valence-electron chi connectivity index (χ3n) is 3.28. The molecule has 8 N–H and O–H groups in total. The summed E-state index contributed by atoms with van der Waals surface area (Å²) < 4.78 is 50.8. The van der Waals surface area contributed by atoms with Gasteiger partial charge in [0.25, 0.3) is 0 Å². The Morgan fingerprint density at radius 1 is 1.00 bits per heavy atom. The SMILES string of the molecule is Nc1ccn([C@@H]2O[C@H](COP(=O)(O)OP(=O)(O)OP(=O)(O)O)[C@@H](O)[C@H]2O)c(=O)n1.[Na].[Na].[Na].[Na]. The largest absolute Gasteiger partial charge is 0.490 e. The van der Waals surface area contributed by atoms with Gasteiger partial charge in [0.05, 0.1) is 6.61 Å². The van der Waals surface area contributed by atoms with Crippen LogP contribution >= 0.6 is 23.5 Å². The second kappa shape index (κ2) is 16.2. The monoisotopic (exact) mass is 575 g/mol. The first-order chi connectivity index (χ1) is 13.1. The van der Waals surface area contributed by atoms with E-state index in [0.717, 1.165) is 10.8 Å². The first-order valence-corrected chi connectivity index (χ1v) is 11.8. The number of hydrogen-bond acceptors (Lipinski definition) is 12. The normalized spacial score (nSPS) is 25.8. The van der Waals surface area contributed by atoms with Crippen LogP contribution in [-0.2, 0) is 31.6 Å². The predicted molar refractivity (Wildman–Crippen MR) is 112 cm³/mol. The Balaban J connectivity index is -0.00000225. The molecule has 0 aromatic carbocycles. The molecular formula is C9H16N3Na4O14P3. The molecule has 0 spiro atoms. The van der Waals surface area contributed by atoms with Crippen LogP contribution in [0.25, 0.3) is 0 Å². The molecule has 24 heteroatoms. The molecule has 1 aromatic rings. The van der Waals surface area contributed by atoms with E-state index in [4.69, 9.17) is 25.2 Å². The molecular weight excluding hydrogens is 559 g/mol. The summed E-state index contributed by atoms with van der Waals surface area (Å²) in [6, 6.07) is 1.20. The van der Waals surface area contributed by atoms with Gasteiger partial charge in [0.15, 0.2) is 6.23 Å². The third-order valence-corrected chi connectivity index (χ3v) is 7.08. The fourth-order valence-corrected chi connectivity index (χ4v) is 5.22. The zero-order chi connectivity index (χ0) is 22.2. The van der Waals surface area contributed by atoms with Crippen LogP contribution < -0.4 is 11.4 Å². The minimum Gasteiger partial charge on any atom is -0.387 e. The summed E-state index contributed by atoms with van der Waals surface area (Å²) in [5, 5.41) is 20.0. The van der Waals surface area contributed by atoms with E-state index in [1.165, 1.54) is 6.07 Å². The maximum Gasteiger partial charge on any atom is 0.490 e. The minimum atomic E-state index is -5.71. The van der Waals surface area contributed by atoms with Gasteiger partial charge in [-0.2, -0.15) is 13.6 Å². The maximum atomic E-state index is 11.8. The quantitative estimate of drug-likeness (QED) is 0.116. The van der Waals surface area contributed by atoms with Crippen molar-refractivity contribution in [3.63, 3.8) is 0 Å². The molecule has 17 nitrogen and oxygen atoms in total. The van der Waals surface area contributed by atoms with Crippen molar-refractivity contribution in [1.29, 1.82) is 0 Å². The number of anilines is 1. The second-order valence-corrected chi connectivity index (χ2v) is 9.90. The summed E-state index contributed by atoms with van der Waals surface area (Å²) >= 11 is 0. The van der Waals surface area contributed by atoms with Crippen molar-refractivity contribution in [2.75, 3.05) is 12.3 Å². The first kappa shape index (κ1) is 40.5. The summed E-state index contributed by atoms with van der Waals surface area (Å²) in [5.41, 5.74) is 4.39.